The molecule has 8 heteroatoms. The summed E-state index contributed by atoms with van der Waals surface area (Å²) in [7, 11) is -0.260. The topological polar surface area (TPSA) is 77.1 Å². The van der Waals surface area contributed by atoms with Crippen molar-refractivity contribution >= 4 is 19.1 Å². The highest BCUT2D eigenvalue weighted by Gasteiger charge is 2.51. The molecule has 0 unspecified atom stereocenters. The molecule has 0 aliphatic carbocycles. The lowest BCUT2D eigenvalue weighted by molar-refractivity contribution is -0.121. The second kappa shape index (κ2) is 8.10. The van der Waals surface area contributed by atoms with Gasteiger partial charge in [-0.25, -0.2) is 4.79 Å². The molecule has 2 saturated heterocycles. The first kappa shape index (κ1) is 24.0. The van der Waals surface area contributed by atoms with Crippen molar-refractivity contribution in [2.75, 3.05) is 13.1 Å². The van der Waals surface area contributed by atoms with E-state index in [2.05, 4.69) is 5.32 Å². The van der Waals surface area contributed by atoms with Crippen LogP contribution in [0.5, 0.6) is 0 Å². The Balaban J connectivity index is 2.05. The molecule has 2 fully saturated rings. The summed E-state index contributed by atoms with van der Waals surface area (Å²) in [6.45, 7) is 18.3. The lowest BCUT2D eigenvalue weighted by atomic mass is 9.75. The highest BCUT2D eigenvalue weighted by molar-refractivity contribution is 6.45. The van der Waals surface area contributed by atoms with Gasteiger partial charge in [-0.2, -0.15) is 0 Å². The molecule has 2 aliphatic heterocycles. The minimum absolute atomic E-state index is 0.0942. The maximum atomic E-state index is 12.7. The van der Waals surface area contributed by atoms with E-state index in [9.17, 15) is 9.59 Å². The zero-order valence-corrected chi connectivity index (χ0v) is 19.7. The zero-order valence-electron chi connectivity index (χ0n) is 19.7. The van der Waals surface area contributed by atoms with E-state index in [0.717, 1.165) is 19.2 Å². The van der Waals surface area contributed by atoms with Crippen LogP contribution in [0, 0.1) is 5.92 Å². The van der Waals surface area contributed by atoms with Gasteiger partial charge in [0.2, 0.25) is 5.91 Å². The molecule has 0 aromatic rings. The number of hydrogen-bond acceptors (Lipinski definition) is 5. The SMILES string of the molecule is CC(=O)N[C@]1(C)C[C@@H](CCB2OC(C)(C)C(C)(C)O2)CN(C(=O)OC(C)(C)C)C1. The molecule has 0 bridgehead atoms. The first-order valence-electron chi connectivity index (χ1n) is 10.6. The Bertz CT molecular complexity index is 615. The second-order valence-corrected chi connectivity index (χ2v) is 10.9. The van der Waals surface area contributed by atoms with Crippen molar-refractivity contribution in [3.05, 3.63) is 0 Å². The molecule has 1 N–H and O–H groups in total. The number of hydrogen-bond donors (Lipinski definition) is 1. The van der Waals surface area contributed by atoms with Gasteiger partial charge in [-0.1, -0.05) is 6.42 Å². The number of carbonyl (C=O) groups is 2. The Morgan fingerprint density at radius 1 is 1.14 bits per heavy atom. The van der Waals surface area contributed by atoms with Crippen LogP contribution < -0.4 is 5.32 Å². The van der Waals surface area contributed by atoms with Gasteiger partial charge in [-0.3, -0.25) is 4.79 Å². The Hall–Kier alpha value is -1.28. The summed E-state index contributed by atoms with van der Waals surface area (Å²) in [5, 5.41) is 3.04. The molecular formula is C21H39BN2O5. The van der Waals surface area contributed by atoms with Crippen LogP contribution >= 0.6 is 0 Å². The third-order valence-corrected chi connectivity index (χ3v) is 6.00. The van der Waals surface area contributed by atoms with Crippen LogP contribution in [-0.2, 0) is 18.8 Å². The Kier molecular flexibility index (Phi) is 6.70. The van der Waals surface area contributed by atoms with E-state index in [0.29, 0.717) is 13.1 Å². The van der Waals surface area contributed by atoms with Crippen LogP contribution in [0.2, 0.25) is 6.32 Å². The minimum atomic E-state index is -0.558. The number of piperidine rings is 1. The molecule has 2 aliphatic rings. The quantitative estimate of drug-likeness (QED) is 0.717. The molecule has 0 radical (unpaired) electrons. The van der Waals surface area contributed by atoms with E-state index in [1.54, 1.807) is 4.90 Å². The molecule has 0 saturated carbocycles. The molecule has 0 aromatic heterocycles. The van der Waals surface area contributed by atoms with Gasteiger partial charge in [0, 0.05) is 20.0 Å². The molecule has 2 heterocycles. The summed E-state index contributed by atoms with van der Waals surface area (Å²) >= 11 is 0. The number of nitrogens with one attached hydrogen (secondary N) is 1. The van der Waals surface area contributed by atoms with E-state index in [-0.39, 0.29) is 36.2 Å². The maximum Gasteiger partial charge on any atom is 0.457 e. The molecular weight excluding hydrogens is 371 g/mol. The largest absolute Gasteiger partial charge is 0.457 e. The first-order valence-corrected chi connectivity index (χ1v) is 10.6. The highest BCUT2D eigenvalue weighted by Crippen LogP contribution is 2.39. The fourth-order valence-corrected chi connectivity index (χ4v) is 4.19. The highest BCUT2D eigenvalue weighted by atomic mass is 16.7. The zero-order chi connectivity index (χ0) is 22.3. The van der Waals surface area contributed by atoms with Gasteiger partial charge in [-0.05, 0) is 74.0 Å². The molecule has 7 nitrogen and oxygen atoms in total. The van der Waals surface area contributed by atoms with Gasteiger partial charge < -0.3 is 24.3 Å². The van der Waals surface area contributed by atoms with E-state index >= 15 is 0 Å². The lowest BCUT2D eigenvalue weighted by Crippen LogP contribution is -2.60. The standard InChI is InChI=1S/C21H39BN2O5/c1-15(25)23-21(9)12-16(13-24(14-21)17(26)27-18(2,3)4)10-11-22-28-19(5,6)20(7,8)29-22/h16H,10-14H2,1-9H3,(H,23,25)/t16-,21-/m1/s1. The van der Waals surface area contributed by atoms with Crippen LogP contribution in [0.3, 0.4) is 0 Å². The molecule has 2 amide bonds. The molecule has 0 spiro atoms. The average Bonchev–Trinajstić information content (AvgIpc) is 2.69. The van der Waals surface area contributed by atoms with Gasteiger partial charge in [0.25, 0.3) is 0 Å². The van der Waals surface area contributed by atoms with E-state index in [1.807, 2.05) is 55.4 Å². The predicted octanol–water partition coefficient (Wildman–Crippen LogP) is 3.62. The molecule has 0 aromatic carbocycles. The van der Waals surface area contributed by atoms with E-state index in [4.69, 9.17) is 14.0 Å². The third kappa shape index (κ3) is 6.35. The van der Waals surface area contributed by atoms with Gasteiger partial charge in [0.05, 0.1) is 16.7 Å². The average molecular weight is 410 g/mol. The van der Waals surface area contributed by atoms with Crippen LogP contribution in [0.25, 0.3) is 0 Å². The summed E-state index contributed by atoms with van der Waals surface area (Å²) < 4.78 is 17.8. The van der Waals surface area contributed by atoms with Crippen molar-refractivity contribution in [2.45, 2.75) is 104 Å². The fourth-order valence-electron chi connectivity index (χ4n) is 4.19. The van der Waals surface area contributed by atoms with E-state index in [1.165, 1.54) is 6.92 Å². The summed E-state index contributed by atoms with van der Waals surface area (Å²) in [6.07, 6.45) is 2.04. The molecule has 29 heavy (non-hydrogen) atoms. The fraction of sp³-hybridized carbons (Fsp3) is 0.905. The summed E-state index contributed by atoms with van der Waals surface area (Å²) in [5.41, 5.74) is -1.74. The third-order valence-electron chi connectivity index (χ3n) is 6.00. The number of nitrogens with zero attached hydrogens (tertiary/aromatic N) is 1. The number of ether oxygens (including phenoxy) is 1. The number of likely N-dealkylation sites (tertiary alicyclic amines) is 1. The molecule has 2 atom stereocenters. The normalized spacial score (nSPS) is 28.9. The number of carbonyl (C=O) groups excluding carboxylic acids is 2. The Morgan fingerprint density at radius 2 is 1.69 bits per heavy atom. The lowest BCUT2D eigenvalue weighted by Gasteiger charge is -2.45. The Labute approximate surface area is 176 Å². The van der Waals surface area contributed by atoms with Crippen molar-refractivity contribution in [2.24, 2.45) is 5.92 Å². The summed E-state index contributed by atoms with van der Waals surface area (Å²) in [5.74, 6) is 0.121. The van der Waals surface area contributed by atoms with Gasteiger partial charge in [-0.15, -0.1) is 0 Å². The Morgan fingerprint density at radius 3 is 2.17 bits per heavy atom. The summed E-state index contributed by atoms with van der Waals surface area (Å²) in [6, 6.07) is 0. The van der Waals surface area contributed by atoms with Crippen LogP contribution in [0.15, 0.2) is 0 Å². The minimum Gasteiger partial charge on any atom is -0.444 e. The van der Waals surface area contributed by atoms with Gasteiger partial charge in [0.15, 0.2) is 0 Å². The second-order valence-electron chi connectivity index (χ2n) is 10.9. The number of rotatable bonds is 4. The van der Waals surface area contributed by atoms with Gasteiger partial charge >= 0.3 is 13.2 Å². The molecule has 2 rings (SSSR count). The van der Waals surface area contributed by atoms with Crippen molar-refractivity contribution in [3.63, 3.8) is 0 Å². The van der Waals surface area contributed by atoms with Crippen molar-refractivity contribution in [1.29, 1.82) is 0 Å². The predicted molar refractivity (Wildman–Crippen MR) is 114 cm³/mol. The van der Waals surface area contributed by atoms with E-state index < -0.39 is 11.1 Å². The van der Waals surface area contributed by atoms with Gasteiger partial charge in [0.1, 0.15) is 5.60 Å². The van der Waals surface area contributed by atoms with Crippen molar-refractivity contribution < 1.29 is 23.6 Å². The monoisotopic (exact) mass is 410 g/mol. The van der Waals surface area contributed by atoms with Crippen LogP contribution in [0.1, 0.15) is 75.2 Å². The maximum absolute atomic E-state index is 12.7. The van der Waals surface area contributed by atoms with Crippen molar-refractivity contribution in [1.82, 2.24) is 10.2 Å². The first-order chi connectivity index (χ1) is 13.0. The van der Waals surface area contributed by atoms with Crippen LogP contribution in [0.4, 0.5) is 4.79 Å². The van der Waals surface area contributed by atoms with Crippen molar-refractivity contribution in [3.8, 4) is 0 Å². The summed E-state index contributed by atoms with van der Waals surface area (Å²) in [4.78, 5) is 26.2. The number of amides is 2. The smallest absolute Gasteiger partial charge is 0.444 e. The molecule has 166 valence electrons. The van der Waals surface area contributed by atoms with Crippen LogP contribution in [-0.4, -0.2) is 59.5 Å².